The summed E-state index contributed by atoms with van der Waals surface area (Å²) in [5, 5.41) is 19.7. The highest BCUT2D eigenvalue weighted by Crippen LogP contribution is 2.23. The van der Waals surface area contributed by atoms with Gasteiger partial charge in [-0.05, 0) is 68.5 Å². The average molecular weight is 457 g/mol. The van der Waals surface area contributed by atoms with Crippen LogP contribution in [-0.2, 0) is 22.5 Å². The van der Waals surface area contributed by atoms with Gasteiger partial charge in [-0.15, -0.1) is 0 Å². The van der Waals surface area contributed by atoms with Crippen LogP contribution in [0.1, 0.15) is 45.2 Å². The number of nitrogens with two attached hydrogens (primary N) is 1. The highest BCUT2D eigenvalue weighted by atomic mass is 16.5. The zero-order valence-electron chi connectivity index (χ0n) is 20.4. The van der Waals surface area contributed by atoms with Crippen molar-refractivity contribution in [3.8, 4) is 0 Å². The number of amides is 1. The Morgan fingerprint density at radius 1 is 1.36 bits per heavy atom. The average Bonchev–Trinajstić information content (AvgIpc) is 2.76. The number of ether oxygens (including phenoxy) is 1. The Morgan fingerprint density at radius 3 is 2.91 bits per heavy atom. The number of carbonyl (C=O) groups is 1. The molecule has 33 heavy (non-hydrogen) atoms. The molecule has 1 aliphatic heterocycles. The van der Waals surface area contributed by atoms with Crippen LogP contribution in [0.5, 0.6) is 0 Å². The number of benzene rings is 1. The minimum atomic E-state index is -1.17. The number of nitrogens with one attached hydrogen (secondary N) is 3. The molecule has 0 bridgehead atoms. The minimum absolute atomic E-state index is 0.0390. The van der Waals surface area contributed by atoms with Crippen molar-refractivity contribution in [2.24, 2.45) is 17.6 Å². The quantitative estimate of drug-likeness (QED) is 0.365. The molecule has 1 aromatic carbocycles. The molecule has 4 atom stereocenters. The lowest BCUT2D eigenvalue weighted by Crippen LogP contribution is -2.47. The molecule has 0 radical (unpaired) electrons. The number of hydrogen-bond acceptors (Lipinski definition) is 6. The molecule has 7 nitrogen and oxygen atoms in total. The first-order chi connectivity index (χ1) is 15.6. The number of aliphatic hydroxyl groups is 1. The standard InChI is InChI=1S/C26H40N4O3/c1-17(2)16-33-24-8-7-23(31)12-21(24)15-29-18(3)13-26(4,27)25(32)30-22-6-5-20-14-28-10-9-19(20)11-22/h5-8,11,13,17,21,23-24,28-29,31H,9-10,12,14-16,27H2,1-4H3,(H,30,32)/b18-13-. The Balaban J connectivity index is 1.57. The lowest BCUT2D eigenvalue weighted by atomic mass is 9.89. The molecule has 3 rings (SSSR count). The number of hydrogen-bond donors (Lipinski definition) is 5. The Bertz CT molecular complexity index is 878. The van der Waals surface area contributed by atoms with Crippen molar-refractivity contribution in [3.63, 3.8) is 0 Å². The summed E-state index contributed by atoms with van der Waals surface area (Å²) in [6.45, 7) is 11.0. The number of fused-ring (bicyclic) bond motifs is 1. The molecule has 0 spiro atoms. The van der Waals surface area contributed by atoms with Gasteiger partial charge in [-0.1, -0.05) is 32.1 Å². The van der Waals surface area contributed by atoms with Gasteiger partial charge in [0.05, 0.1) is 12.2 Å². The predicted octanol–water partition coefficient (Wildman–Crippen LogP) is 2.46. The molecule has 4 unspecified atom stereocenters. The zero-order valence-corrected chi connectivity index (χ0v) is 20.4. The van der Waals surface area contributed by atoms with E-state index in [0.717, 1.165) is 30.9 Å². The summed E-state index contributed by atoms with van der Waals surface area (Å²) in [7, 11) is 0. The molecule has 0 saturated carbocycles. The summed E-state index contributed by atoms with van der Waals surface area (Å²) in [4.78, 5) is 12.9. The first-order valence-corrected chi connectivity index (χ1v) is 12.0. The van der Waals surface area contributed by atoms with E-state index in [1.54, 1.807) is 13.0 Å². The molecule has 1 aliphatic carbocycles. The summed E-state index contributed by atoms with van der Waals surface area (Å²) in [6, 6.07) is 6.02. The molecule has 1 aromatic rings. The third kappa shape index (κ3) is 7.40. The normalized spacial score (nSPS) is 24.8. The second-order valence-electron chi connectivity index (χ2n) is 10.00. The van der Waals surface area contributed by atoms with Gasteiger partial charge in [0, 0.05) is 37.0 Å². The van der Waals surface area contributed by atoms with Gasteiger partial charge < -0.3 is 31.5 Å². The van der Waals surface area contributed by atoms with Crippen molar-refractivity contribution in [1.29, 1.82) is 0 Å². The molecular weight excluding hydrogens is 416 g/mol. The Labute approximate surface area is 197 Å². The fourth-order valence-corrected chi connectivity index (χ4v) is 4.29. The molecular formula is C26H40N4O3. The zero-order chi connectivity index (χ0) is 24.0. The minimum Gasteiger partial charge on any atom is -0.389 e. The molecule has 0 fully saturated rings. The summed E-state index contributed by atoms with van der Waals surface area (Å²) in [5.74, 6) is 0.324. The SMILES string of the molecule is C/C(=C/C(C)(N)C(=O)Nc1ccc2c(c1)CCNC2)NCC1CC(O)C=CC1OCC(C)C. The fraction of sp³-hybridized carbons (Fsp3) is 0.577. The number of anilines is 1. The van der Waals surface area contributed by atoms with Crippen LogP contribution < -0.4 is 21.7 Å². The summed E-state index contributed by atoms with van der Waals surface area (Å²) < 4.78 is 6.03. The molecule has 1 amide bonds. The van der Waals surface area contributed by atoms with E-state index in [1.165, 1.54) is 11.1 Å². The number of allylic oxidation sites excluding steroid dienone is 1. The molecule has 6 N–H and O–H groups in total. The molecule has 0 aromatic heterocycles. The van der Waals surface area contributed by atoms with Gasteiger partial charge in [-0.2, -0.15) is 0 Å². The smallest absolute Gasteiger partial charge is 0.248 e. The molecule has 0 saturated heterocycles. The predicted molar refractivity (Wildman–Crippen MR) is 133 cm³/mol. The molecule has 2 aliphatic rings. The van der Waals surface area contributed by atoms with E-state index in [-0.39, 0.29) is 17.9 Å². The van der Waals surface area contributed by atoms with E-state index in [1.807, 2.05) is 31.2 Å². The van der Waals surface area contributed by atoms with Gasteiger partial charge in [-0.3, -0.25) is 4.79 Å². The lowest BCUT2D eigenvalue weighted by molar-refractivity contribution is -0.119. The van der Waals surface area contributed by atoms with Gasteiger partial charge in [0.25, 0.3) is 0 Å². The van der Waals surface area contributed by atoms with Crippen LogP contribution in [0.2, 0.25) is 0 Å². The summed E-state index contributed by atoms with van der Waals surface area (Å²) in [5.41, 5.74) is 9.32. The van der Waals surface area contributed by atoms with Crippen LogP contribution in [0.15, 0.2) is 42.1 Å². The monoisotopic (exact) mass is 456 g/mol. The van der Waals surface area contributed by atoms with E-state index in [2.05, 4.69) is 35.9 Å². The highest BCUT2D eigenvalue weighted by Gasteiger charge is 2.28. The van der Waals surface area contributed by atoms with Crippen LogP contribution in [0.3, 0.4) is 0 Å². The van der Waals surface area contributed by atoms with E-state index < -0.39 is 11.6 Å². The fourth-order valence-electron chi connectivity index (χ4n) is 4.29. The highest BCUT2D eigenvalue weighted by molar-refractivity contribution is 5.99. The van der Waals surface area contributed by atoms with Crippen molar-refractivity contribution in [2.45, 2.75) is 64.8 Å². The van der Waals surface area contributed by atoms with E-state index in [0.29, 0.717) is 25.5 Å². The maximum atomic E-state index is 12.9. The Hall–Kier alpha value is -2.19. The van der Waals surface area contributed by atoms with Crippen molar-refractivity contribution >= 4 is 11.6 Å². The number of aliphatic hydroxyl groups excluding tert-OH is 1. The van der Waals surface area contributed by atoms with E-state index in [9.17, 15) is 9.90 Å². The maximum Gasteiger partial charge on any atom is 0.248 e. The second kappa shape index (κ2) is 11.3. The van der Waals surface area contributed by atoms with E-state index >= 15 is 0 Å². The maximum absolute atomic E-state index is 12.9. The van der Waals surface area contributed by atoms with Gasteiger partial charge in [0.2, 0.25) is 5.91 Å². The first kappa shape index (κ1) is 25.4. The second-order valence-corrected chi connectivity index (χ2v) is 10.00. The van der Waals surface area contributed by atoms with Gasteiger partial charge >= 0.3 is 0 Å². The van der Waals surface area contributed by atoms with E-state index in [4.69, 9.17) is 10.5 Å². The van der Waals surface area contributed by atoms with Crippen molar-refractivity contribution in [1.82, 2.24) is 10.6 Å². The largest absolute Gasteiger partial charge is 0.389 e. The van der Waals surface area contributed by atoms with Gasteiger partial charge in [0.15, 0.2) is 0 Å². The van der Waals surface area contributed by atoms with Gasteiger partial charge in [-0.25, -0.2) is 0 Å². The number of carbonyl (C=O) groups excluding carboxylic acids is 1. The summed E-state index contributed by atoms with van der Waals surface area (Å²) >= 11 is 0. The first-order valence-electron chi connectivity index (χ1n) is 12.0. The topological polar surface area (TPSA) is 109 Å². The van der Waals surface area contributed by atoms with Crippen molar-refractivity contribution < 1.29 is 14.6 Å². The van der Waals surface area contributed by atoms with Crippen LogP contribution >= 0.6 is 0 Å². The molecule has 1 heterocycles. The Kier molecular flexibility index (Phi) is 8.70. The van der Waals surface area contributed by atoms with Crippen LogP contribution in [0.4, 0.5) is 5.69 Å². The van der Waals surface area contributed by atoms with Crippen molar-refractivity contribution in [2.75, 3.05) is 25.0 Å². The Morgan fingerprint density at radius 2 is 2.15 bits per heavy atom. The lowest BCUT2D eigenvalue weighted by Gasteiger charge is -2.31. The van der Waals surface area contributed by atoms with Gasteiger partial charge in [0.1, 0.15) is 5.54 Å². The molecule has 7 heteroatoms. The summed E-state index contributed by atoms with van der Waals surface area (Å²) in [6.07, 6.45) is 6.60. The third-order valence-electron chi connectivity index (χ3n) is 6.15. The third-order valence-corrected chi connectivity index (χ3v) is 6.15. The van der Waals surface area contributed by atoms with Crippen LogP contribution in [0, 0.1) is 11.8 Å². The van der Waals surface area contributed by atoms with Crippen LogP contribution in [-0.4, -0.2) is 48.5 Å². The molecule has 182 valence electrons. The van der Waals surface area contributed by atoms with Crippen LogP contribution in [0.25, 0.3) is 0 Å². The number of rotatable bonds is 9. The van der Waals surface area contributed by atoms with Crippen molar-refractivity contribution in [3.05, 3.63) is 53.3 Å².